The summed E-state index contributed by atoms with van der Waals surface area (Å²) in [7, 11) is 0. The summed E-state index contributed by atoms with van der Waals surface area (Å²) in [6.45, 7) is -1.52. The Kier molecular flexibility index (Phi) is 26.8. The molecular weight excluding hydrogens is 1490 g/mol. The lowest BCUT2D eigenvalue weighted by molar-refractivity contribution is -0.138. The molecule has 2 aliphatic heterocycles. The molecule has 4 aliphatic carbocycles. The number of alkyl halides is 7. The Balaban J connectivity index is 0.000000150. The molecule has 0 unspecified atom stereocenters. The van der Waals surface area contributed by atoms with Crippen molar-refractivity contribution in [3.63, 3.8) is 0 Å². The van der Waals surface area contributed by atoms with Gasteiger partial charge in [0.05, 0.1) is 87.7 Å². The van der Waals surface area contributed by atoms with Gasteiger partial charge in [-0.1, -0.05) is 48.5 Å². The number of likely N-dealkylation sites (tertiary alicyclic amines) is 1. The van der Waals surface area contributed by atoms with E-state index in [0.29, 0.717) is 57.2 Å². The number of halogens is 7. The maximum atomic E-state index is 14.6. The molecule has 6 aliphatic rings. The van der Waals surface area contributed by atoms with Crippen molar-refractivity contribution in [2.75, 3.05) is 72.0 Å². The summed E-state index contributed by atoms with van der Waals surface area (Å²) in [6, 6.07) is 48.7. The second-order valence-corrected chi connectivity index (χ2v) is 27.8. The number of benzene rings is 6. The lowest BCUT2D eigenvalue weighted by Crippen LogP contribution is -2.50. The Morgan fingerprint density at radius 2 is 0.974 bits per heavy atom. The van der Waals surface area contributed by atoms with Crippen LogP contribution in [-0.2, 0) is 24.0 Å². The second-order valence-electron chi connectivity index (χ2n) is 27.8. The number of aromatic nitrogens is 2. The van der Waals surface area contributed by atoms with Crippen molar-refractivity contribution in [2.45, 2.75) is 94.9 Å². The van der Waals surface area contributed by atoms with E-state index in [1.165, 1.54) is 47.6 Å². The quantitative estimate of drug-likeness (QED) is 0.0310. The number of hydrogen-bond acceptors (Lipinski definition) is 17. The number of pyridine rings is 2. The summed E-state index contributed by atoms with van der Waals surface area (Å²) in [6.07, 6.45) is -1.16. The van der Waals surface area contributed by atoms with Gasteiger partial charge in [-0.05, 0) is 171 Å². The zero-order valence-corrected chi connectivity index (χ0v) is 60.9. The minimum atomic E-state index is -4.54. The third kappa shape index (κ3) is 22.6. The Bertz CT molecular complexity index is 5130. The molecule has 24 nitrogen and oxygen atoms in total. The van der Waals surface area contributed by atoms with E-state index in [1.54, 1.807) is 72.0 Å². The van der Waals surface area contributed by atoms with Gasteiger partial charge in [0.25, 0.3) is 18.2 Å². The summed E-state index contributed by atoms with van der Waals surface area (Å²) < 4.78 is 94.7. The molecule has 2 saturated heterocycles. The monoisotopic (exact) mass is 1560 g/mol. The highest BCUT2D eigenvalue weighted by atomic mass is 19.4. The predicted molar refractivity (Wildman–Crippen MR) is 405 cm³/mol. The maximum Gasteiger partial charge on any atom is 0.405 e. The molecule has 31 heteroatoms. The molecule has 0 radical (unpaired) electrons. The summed E-state index contributed by atoms with van der Waals surface area (Å²) in [4.78, 5) is 94.9. The number of carbonyl (C=O) groups excluding carboxylic acids is 7. The number of β-amino-alcohol motifs (C(OH)–C–C–N with tert-alkyl or cyclic N) is 1. The number of hydrogen-bond donors (Lipinski definition) is 8. The van der Waals surface area contributed by atoms with Crippen molar-refractivity contribution in [3.05, 3.63) is 191 Å². The van der Waals surface area contributed by atoms with Crippen LogP contribution in [0.25, 0.3) is 44.8 Å². The molecule has 0 bridgehead atoms. The van der Waals surface area contributed by atoms with Gasteiger partial charge >= 0.3 is 6.18 Å². The number of anilines is 5. The first-order valence-corrected chi connectivity index (χ1v) is 36.5. The van der Waals surface area contributed by atoms with E-state index in [2.05, 4.69) is 53.6 Å². The molecule has 8 aromatic rings. The molecule has 5 atom stereocenters. The van der Waals surface area contributed by atoms with Crippen LogP contribution < -0.4 is 41.5 Å². The molecule has 7 amide bonds. The van der Waals surface area contributed by atoms with Crippen molar-refractivity contribution >= 4 is 69.8 Å². The Morgan fingerprint density at radius 3 is 1.42 bits per heavy atom. The summed E-state index contributed by atoms with van der Waals surface area (Å²) in [5, 5.41) is 71.5. The van der Waals surface area contributed by atoms with E-state index in [1.807, 2.05) is 60.7 Å². The molecule has 0 spiro atoms. The van der Waals surface area contributed by atoms with Gasteiger partial charge in [0.15, 0.2) is 6.17 Å². The van der Waals surface area contributed by atoms with Crippen molar-refractivity contribution in [2.24, 2.45) is 23.7 Å². The summed E-state index contributed by atoms with van der Waals surface area (Å²) >= 11 is 0. The molecule has 114 heavy (non-hydrogen) atoms. The summed E-state index contributed by atoms with van der Waals surface area (Å²) in [5.41, 5.74) is 9.33. The number of nitrogens with zero attached hydrogens (tertiary/aromatic N) is 8. The first-order valence-electron chi connectivity index (χ1n) is 36.5. The van der Waals surface area contributed by atoms with E-state index in [0.717, 1.165) is 79.6 Å². The first-order chi connectivity index (χ1) is 54.8. The van der Waals surface area contributed by atoms with Gasteiger partial charge in [0.2, 0.25) is 29.5 Å². The Morgan fingerprint density at radius 1 is 0.518 bits per heavy atom. The van der Waals surface area contributed by atoms with Gasteiger partial charge in [0.1, 0.15) is 43.3 Å². The summed E-state index contributed by atoms with van der Waals surface area (Å²) in [5.74, 6) is -2.70. The average Bonchev–Trinajstić information content (AvgIpc) is 1.81. The van der Waals surface area contributed by atoms with E-state index < -0.39 is 74.4 Å². The van der Waals surface area contributed by atoms with Crippen molar-refractivity contribution < 1.29 is 79.2 Å². The second kappa shape index (κ2) is 37.3. The molecular formula is C83H75F7N14O10. The Labute approximate surface area is 649 Å². The van der Waals surface area contributed by atoms with Gasteiger partial charge in [0, 0.05) is 90.1 Å². The minimum absolute atomic E-state index is 0.0140. The van der Waals surface area contributed by atoms with Crippen LogP contribution in [0.1, 0.15) is 101 Å². The SMILES string of the molecule is N#Cc1cc(-c2cc(NC(=O)C3CC3)ccn2)ccc1C(=O)NCC(F)(F)F.N#Cc1cc(-c2cc(NC(=O)C3CC3)ccn2)ccc1C(=O)NCC(F)F.N#Cc1cc(-c2cccc(NC(=O)C3CC3)c2)ccc1N1CC[C@H](O)C1.N#Cc1cc(-c2cccc(NC(=O)[C@H]3C[C@H]3F)c2)ccc1O[C@H]1CCN(C(=O)CO)C[C@H]1F. The minimum Gasteiger partial charge on any atom is -0.486 e. The molecule has 6 aromatic carbocycles. The molecule has 4 saturated carbocycles. The number of amides is 7. The smallest absolute Gasteiger partial charge is 0.405 e. The van der Waals surface area contributed by atoms with Gasteiger partial charge in [-0.2, -0.15) is 34.2 Å². The third-order valence-corrected chi connectivity index (χ3v) is 19.1. The van der Waals surface area contributed by atoms with Crippen LogP contribution in [0.5, 0.6) is 5.75 Å². The predicted octanol–water partition coefficient (Wildman–Crippen LogP) is 12.2. The van der Waals surface area contributed by atoms with E-state index in [9.17, 15) is 90.4 Å². The molecule has 586 valence electrons. The van der Waals surface area contributed by atoms with E-state index in [4.69, 9.17) is 9.84 Å². The lowest BCUT2D eigenvalue weighted by atomic mass is 10.0. The van der Waals surface area contributed by atoms with Gasteiger partial charge < -0.3 is 56.7 Å². The topological polar surface area (TPSA) is 369 Å². The van der Waals surface area contributed by atoms with Crippen molar-refractivity contribution in [3.8, 4) is 74.8 Å². The van der Waals surface area contributed by atoms with E-state index >= 15 is 0 Å². The maximum absolute atomic E-state index is 14.6. The van der Waals surface area contributed by atoms with Crippen LogP contribution in [-0.4, -0.2) is 149 Å². The van der Waals surface area contributed by atoms with Gasteiger partial charge in [-0.25, -0.2) is 17.6 Å². The number of piperidine rings is 1. The standard InChI is InChI=1S/C24H23F2N3O4.C21H21N3O2.C19H15F3N4O2.C19H16F2N4O2/c25-19-10-18(19)24(32)28-17-3-1-2-14(9-17)15-4-5-21(16(8-15)11-27)33-22-6-7-29(12-20(22)26)23(31)13-30;22-12-17-10-16(6-7-20(17)24-9-8-19(25)13-24)15-2-1-3-18(11-15)23-21(26)14-4-5-14;20-19(21,22)10-25-18(28)15-4-3-12(7-13(15)9-23)16-8-14(5-6-24-16)26-17(27)11-1-2-11;20-17(21)10-24-19(27)15-4-3-12(7-13(15)9-22)16-8-14(5-6-23-16)25-18(26)11-1-2-11/h1-5,8-9,18-20,22,30H,6-7,10,12-13H2,(H,28,32);1-3,6-7,10-11,14,19,25H,4-5,8-9,13H2,(H,23,26);3-8,11H,1-2,10H2,(H,25,28)(H,24,26,27);3-8,11,17H,1-2,10H2,(H,24,27)(H,23,25,26)/t18-,19+,20+,22-;19-;;/m00../s1. The molecule has 4 heterocycles. The fourth-order valence-electron chi connectivity index (χ4n) is 12.3. The van der Waals surface area contributed by atoms with Gasteiger partial charge in [-0.3, -0.25) is 43.5 Å². The number of ether oxygens (including phenoxy) is 1. The number of carbonyl (C=O) groups is 7. The zero-order valence-electron chi connectivity index (χ0n) is 60.9. The zero-order chi connectivity index (χ0) is 81.3. The van der Waals surface area contributed by atoms with Crippen LogP contribution in [0.15, 0.2) is 158 Å². The highest BCUT2D eigenvalue weighted by Gasteiger charge is 2.44. The number of nitrogens with one attached hydrogen (secondary N) is 6. The van der Waals surface area contributed by atoms with Crippen molar-refractivity contribution in [1.29, 1.82) is 21.0 Å². The first kappa shape index (κ1) is 81.9. The highest BCUT2D eigenvalue weighted by Crippen LogP contribution is 2.38. The molecule has 14 rings (SSSR count). The normalized spacial score (nSPS) is 17.8. The average molecular weight is 1560 g/mol. The largest absolute Gasteiger partial charge is 0.486 e. The van der Waals surface area contributed by atoms with Crippen LogP contribution in [0.4, 0.5) is 59.2 Å². The molecule has 6 fully saturated rings. The van der Waals surface area contributed by atoms with Crippen LogP contribution in [0, 0.1) is 69.0 Å². The van der Waals surface area contributed by atoms with Gasteiger partial charge in [-0.15, -0.1) is 0 Å². The highest BCUT2D eigenvalue weighted by molar-refractivity contribution is 6.00. The van der Waals surface area contributed by atoms with Crippen LogP contribution >= 0.6 is 0 Å². The number of aliphatic hydroxyl groups excluding tert-OH is 2. The number of aliphatic hydroxyl groups is 2. The van der Waals surface area contributed by atoms with Crippen molar-refractivity contribution in [1.82, 2.24) is 25.5 Å². The fraction of sp³-hybridized carbons (Fsp3) is 0.313. The van der Waals surface area contributed by atoms with E-state index in [-0.39, 0.29) is 107 Å². The Hall–Kier alpha value is -13.1. The van der Waals surface area contributed by atoms with Crippen LogP contribution in [0.3, 0.4) is 0 Å². The molecule has 8 N–H and O–H groups in total. The lowest BCUT2D eigenvalue weighted by Gasteiger charge is -2.34. The molecule has 2 aromatic heterocycles. The number of nitriles is 4. The fourth-order valence-corrected chi connectivity index (χ4v) is 12.3. The van der Waals surface area contributed by atoms with Crippen LogP contribution in [0.2, 0.25) is 0 Å². The number of rotatable bonds is 21. The third-order valence-electron chi connectivity index (χ3n) is 19.1.